The van der Waals surface area contributed by atoms with Gasteiger partial charge in [-0.3, -0.25) is 8.75 Å². The molecule has 0 spiro atoms. The van der Waals surface area contributed by atoms with Crippen LogP contribution in [0.5, 0.6) is 0 Å². The molecule has 0 saturated heterocycles. The van der Waals surface area contributed by atoms with E-state index in [-0.39, 0.29) is 11.1 Å². The zero-order valence-corrected chi connectivity index (χ0v) is 12.1. The fourth-order valence-corrected chi connectivity index (χ4v) is 3.99. The Morgan fingerprint density at radius 2 is 1.83 bits per heavy atom. The molecule has 5 nitrogen and oxygen atoms in total. The summed E-state index contributed by atoms with van der Waals surface area (Å²) in [7, 11) is -7.48. The van der Waals surface area contributed by atoms with Crippen LogP contribution in [0, 0.1) is 6.92 Å². The van der Waals surface area contributed by atoms with Gasteiger partial charge in [-0.1, -0.05) is 24.6 Å². The van der Waals surface area contributed by atoms with Gasteiger partial charge < -0.3 is 4.89 Å². The molecule has 0 fully saturated rings. The van der Waals surface area contributed by atoms with E-state index in [4.69, 9.17) is 0 Å². The van der Waals surface area contributed by atoms with Crippen molar-refractivity contribution in [2.45, 2.75) is 25.2 Å². The molecule has 1 atom stereocenters. The molecule has 1 N–H and O–H groups in total. The van der Waals surface area contributed by atoms with E-state index in [0.29, 0.717) is 6.42 Å². The van der Waals surface area contributed by atoms with E-state index < -0.39 is 23.8 Å². The third-order valence-corrected chi connectivity index (χ3v) is 5.42. The van der Waals surface area contributed by atoms with Gasteiger partial charge in [-0.2, -0.15) is 8.42 Å². The maximum atomic E-state index is 11.7. The molecule has 0 aromatic heterocycles. The van der Waals surface area contributed by atoms with Crippen molar-refractivity contribution in [1.29, 1.82) is 0 Å². The number of aryl methyl sites for hydroxylation is 1. The molecular weight excluding hydrogens is 275 g/mol. The first-order valence-electron chi connectivity index (χ1n) is 5.54. The van der Waals surface area contributed by atoms with Gasteiger partial charge in [0.05, 0.1) is 4.90 Å². The predicted octanol–water partition coefficient (Wildman–Crippen LogP) is 2.34. The van der Waals surface area contributed by atoms with Gasteiger partial charge in [0.25, 0.3) is 10.1 Å². The van der Waals surface area contributed by atoms with Gasteiger partial charge in [-0.15, -0.1) is 0 Å². The van der Waals surface area contributed by atoms with Crippen LogP contribution in [0.15, 0.2) is 29.2 Å². The first kappa shape index (κ1) is 15.4. The van der Waals surface area contributed by atoms with Crippen molar-refractivity contribution in [3.8, 4) is 0 Å². The minimum absolute atomic E-state index is 0.00963. The SMILES string of the molecule is CCCP(=O)(O)COS(=O)(=O)c1ccc(C)cc1. The average Bonchev–Trinajstić information content (AvgIpc) is 2.27. The normalized spacial score (nSPS) is 15.3. The van der Waals surface area contributed by atoms with Gasteiger partial charge in [0.1, 0.15) is 6.35 Å². The van der Waals surface area contributed by atoms with Crippen molar-refractivity contribution in [3.63, 3.8) is 0 Å². The minimum Gasteiger partial charge on any atom is -0.343 e. The van der Waals surface area contributed by atoms with Crippen molar-refractivity contribution in [1.82, 2.24) is 0 Å². The molecule has 1 rings (SSSR count). The lowest BCUT2D eigenvalue weighted by Gasteiger charge is -2.11. The summed E-state index contributed by atoms with van der Waals surface area (Å²) in [5, 5.41) is 0. The highest BCUT2D eigenvalue weighted by molar-refractivity contribution is 7.87. The Labute approximate surface area is 107 Å². The van der Waals surface area contributed by atoms with E-state index in [1.54, 1.807) is 19.1 Å². The molecule has 1 aromatic rings. The molecule has 1 aromatic carbocycles. The van der Waals surface area contributed by atoms with Crippen molar-refractivity contribution in [3.05, 3.63) is 29.8 Å². The topological polar surface area (TPSA) is 80.7 Å². The summed E-state index contributed by atoms with van der Waals surface area (Å²) >= 11 is 0. The Kier molecular flexibility index (Phi) is 5.10. The first-order chi connectivity index (χ1) is 8.27. The van der Waals surface area contributed by atoms with Crippen molar-refractivity contribution < 1.29 is 22.1 Å². The highest BCUT2D eigenvalue weighted by atomic mass is 32.2. The van der Waals surface area contributed by atoms with Crippen molar-refractivity contribution in [2.24, 2.45) is 0 Å². The zero-order chi connectivity index (χ0) is 13.8. The second-order valence-corrected chi connectivity index (χ2v) is 8.10. The summed E-state index contributed by atoms with van der Waals surface area (Å²) in [6.45, 7) is 3.58. The maximum absolute atomic E-state index is 11.7. The van der Waals surface area contributed by atoms with Crippen LogP contribution in [0.2, 0.25) is 0 Å². The molecule has 7 heteroatoms. The molecule has 0 amide bonds. The van der Waals surface area contributed by atoms with E-state index in [9.17, 15) is 17.9 Å². The molecule has 0 aliphatic heterocycles. The highest BCUT2D eigenvalue weighted by Gasteiger charge is 2.23. The lowest BCUT2D eigenvalue weighted by molar-refractivity contribution is 0.346. The minimum atomic E-state index is -3.96. The van der Waals surface area contributed by atoms with Gasteiger partial charge in [-0.05, 0) is 25.5 Å². The molecule has 1 unspecified atom stereocenters. The van der Waals surface area contributed by atoms with Crippen LogP contribution in [0.25, 0.3) is 0 Å². The summed E-state index contributed by atoms with van der Waals surface area (Å²) in [6.07, 6.45) is -0.116. The van der Waals surface area contributed by atoms with E-state index >= 15 is 0 Å². The quantitative estimate of drug-likeness (QED) is 0.643. The van der Waals surface area contributed by atoms with E-state index in [1.165, 1.54) is 12.1 Å². The Balaban J connectivity index is 2.77. The fraction of sp³-hybridized carbons (Fsp3) is 0.455. The molecular formula is C11H17O5PS. The van der Waals surface area contributed by atoms with Crippen molar-refractivity contribution >= 4 is 17.5 Å². The summed E-state index contributed by atoms with van der Waals surface area (Å²) in [6, 6.07) is 6.10. The molecule has 0 bridgehead atoms. The second kappa shape index (κ2) is 5.97. The van der Waals surface area contributed by atoms with Crippen LogP contribution >= 0.6 is 7.37 Å². The van der Waals surface area contributed by atoms with E-state index in [1.807, 2.05) is 6.92 Å². The Hall–Kier alpha value is -0.680. The third kappa shape index (κ3) is 4.53. The van der Waals surface area contributed by atoms with Crippen LogP contribution in [-0.2, 0) is 18.9 Å². The lowest BCUT2D eigenvalue weighted by Crippen LogP contribution is -2.09. The zero-order valence-electron chi connectivity index (χ0n) is 10.4. The van der Waals surface area contributed by atoms with Crippen LogP contribution in [0.1, 0.15) is 18.9 Å². The third-order valence-electron chi connectivity index (χ3n) is 2.29. The van der Waals surface area contributed by atoms with Crippen LogP contribution in [0.4, 0.5) is 0 Å². The van der Waals surface area contributed by atoms with Crippen LogP contribution in [-0.4, -0.2) is 25.8 Å². The predicted molar refractivity (Wildman–Crippen MR) is 69.3 cm³/mol. The summed E-state index contributed by atoms with van der Waals surface area (Å²) in [5.41, 5.74) is 0.924. The van der Waals surface area contributed by atoms with Crippen molar-refractivity contribution in [2.75, 3.05) is 12.5 Å². The summed E-state index contributed by atoms with van der Waals surface area (Å²) < 4.78 is 39.6. The first-order valence-corrected chi connectivity index (χ1v) is 8.97. The molecule has 0 aliphatic carbocycles. The van der Waals surface area contributed by atoms with E-state index in [0.717, 1.165) is 5.56 Å². The van der Waals surface area contributed by atoms with Crippen LogP contribution in [0.3, 0.4) is 0 Å². The standard InChI is InChI=1S/C11H17O5PS/c1-3-8-17(12,13)9-16-18(14,15)11-6-4-10(2)5-7-11/h4-7H,3,8-9H2,1-2H3,(H,12,13). The van der Waals surface area contributed by atoms with E-state index in [2.05, 4.69) is 4.18 Å². The molecule has 0 radical (unpaired) electrons. The molecule has 0 heterocycles. The number of hydrogen-bond donors (Lipinski definition) is 1. The Morgan fingerprint density at radius 1 is 1.28 bits per heavy atom. The smallest absolute Gasteiger partial charge is 0.297 e. The average molecular weight is 292 g/mol. The van der Waals surface area contributed by atoms with Gasteiger partial charge in [0.2, 0.25) is 7.37 Å². The molecule has 0 saturated carbocycles. The van der Waals surface area contributed by atoms with Gasteiger partial charge in [-0.25, -0.2) is 0 Å². The lowest BCUT2D eigenvalue weighted by atomic mass is 10.2. The highest BCUT2D eigenvalue weighted by Crippen LogP contribution is 2.41. The van der Waals surface area contributed by atoms with Crippen LogP contribution < -0.4 is 0 Å². The number of hydrogen-bond acceptors (Lipinski definition) is 4. The molecule has 102 valence electrons. The van der Waals surface area contributed by atoms with Gasteiger partial charge in [0, 0.05) is 6.16 Å². The van der Waals surface area contributed by atoms with Gasteiger partial charge in [0.15, 0.2) is 0 Å². The van der Waals surface area contributed by atoms with Gasteiger partial charge >= 0.3 is 0 Å². The molecule has 0 aliphatic rings. The molecule has 18 heavy (non-hydrogen) atoms. The summed E-state index contributed by atoms with van der Waals surface area (Å²) in [4.78, 5) is 9.43. The Morgan fingerprint density at radius 3 is 2.33 bits per heavy atom. The maximum Gasteiger partial charge on any atom is 0.297 e. The second-order valence-electron chi connectivity index (χ2n) is 4.08. The monoisotopic (exact) mass is 292 g/mol. The number of rotatable bonds is 6. The summed E-state index contributed by atoms with van der Waals surface area (Å²) in [5.74, 6) is 0. The Bertz CT molecular complexity index is 535. The number of benzene rings is 1. The fourth-order valence-electron chi connectivity index (χ4n) is 1.34. The largest absolute Gasteiger partial charge is 0.343 e.